The van der Waals surface area contributed by atoms with Crippen molar-refractivity contribution in [3.8, 4) is 12.3 Å². The van der Waals surface area contributed by atoms with Gasteiger partial charge in [0.05, 0.1) is 19.0 Å². The molecule has 0 aliphatic carbocycles. The Balaban J connectivity index is 2.39. The first-order chi connectivity index (χ1) is 7.54. The molecule has 0 aromatic rings. The lowest BCUT2D eigenvalue weighted by atomic mass is 9.99. The molecule has 2 unspecified atom stereocenters. The van der Waals surface area contributed by atoms with Crippen LogP contribution in [0.25, 0.3) is 0 Å². The Labute approximate surface area is 94.8 Å². The van der Waals surface area contributed by atoms with Crippen molar-refractivity contribution in [1.82, 2.24) is 10.2 Å². The van der Waals surface area contributed by atoms with Gasteiger partial charge in [0.1, 0.15) is 0 Å². The lowest BCUT2D eigenvalue weighted by molar-refractivity contribution is -0.142. The summed E-state index contributed by atoms with van der Waals surface area (Å²) in [5.41, 5.74) is 0. The van der Waals surface area contributed by atoms with Crippen LogP contribution in [0.15, 0.2) is 0 Å². The van der Waals surface area contributed by atoms with E-state index >= 15 is 0 Å². The fourth-order valence-electron chi connectivity index (χ4n) is 1.93. The van der Waals surface area contributed by atoms with Gasteiger partial charge in [-0.3, -0.25) is 14.5 Å². The highest BCUT2D eigenvalue weighted by Crippen LogP contribution is 2.22. The number of rotatable bonds is 4. The summed E-state index contributed by atoms with van der Waals surface area (Å²) in [5.74, 6) is 1.07. The predicted molar refractivity (Wildman–Crippen MR) is 58.6 cm³/mol. The number of terminal acetylenes is 1. The third-order valence-corrected chi connectivity index (χ3v) is 2.76. The van der Waals surface area contributed by atoms with Crippen molar-refractivity contribution in [2.24, 2.45) is 11.8 Å². The standard InChI is InChI=1S/C11H16N2O3/c1-3-4-12-10(14)7-13-5-8(2)9(6-13)11(15)16/h1,8-9H,4-7H2,2H3,(H,12,14)(H,15,16). The van der Waals surface area contributed by atoms with Gasteiger partial charge in [0.25, 0.3) is 0 Å². The van der Waals surface area contributed by atoms with Crippen LogP contribution in [0.3, 0.4) is 0 Å². The van der Waals surface area contributed by atoms with Crippen molar-refractivity contribution in [3.63, 3.8) is 0 Å². The average molecular weight is 224 g/mol. The molecule has 88 valence electrons. The van der Waals surface area contributed by atoms with Crippen molar-refractivity contribution in [2.45, 2.75) is 6.92 Å². The number of carboxylic acids is 1. The highest BCUT2D eigenvalue weighted by atomic mass is 16.4. The Morgan fingerprint density at radius 1 is 1.56 bits per heavy atom. The summed E-state index contributed by atoms with van der Waals surface area (Å²) in [5, 5.41) is 11.5. The molecule has 1 amide bonds. The summed E-state index contributed by atoms with van der Waals surface area (Å²) >= 11 is 0. The average Bonchev–Trinajstić information content (AvgIpc) is 2.56. The van der Waals surface area contributed by atoms with Crippen molar-refractivity contribution in [1.29, 1.82) is 0 Å². The van der Waals surface area contributed by atoms with E-state index in [0.717, 1.165) is 0 Å². The molecule has 0 spiro atoms. The number of amides is 1. The van der Waals surface area contributed by atoms with Crippen LogP contribution < -0.4 is 5.32 Å². The Morgan fingerprint density at radius 2 is 2.25 bits per heavy atom. The van der Waals surface area contributed by atoms with Crippen molar-refractivity contribution in [2.75, 3.05) is 26.2 Å². The summed E-state index contributed by atoms with van der Waals surface area (Å²) in [6.07, 6.45) is 5.01. The van der Waals surface area contributed by atoms with Crippen LogP contribution in [0.1, 0.15) is 6.92 Å². The fourth-order valence-corrected chi connectivity index (χ4v) is 1.93. The maximum atomic E-state index is 11.3. The molecular formula is C11H16N2O3. The molecule has 0 bridgehead atoms. The van der Waals surface area contributed by atoms with Gasteiger partial charge < -0.3 is 10.4 Å². The second-order valence-corrected chi connectivity index (χ2v) is 4.10. The number of likely N-dealkylation sites (tertiary alicyclic amines) is 1. The molecule has 0 radical (unpaired) electrons. The molecule has 1 saturated heterocycles. The van der Waals surface area contributed by atoms with Gasteiger partial charge in [-0.2, -0.15) is 0 Å². The molecule has 5 heteroatoms. The predicted octanol–water partition coefficient (Wildman–Crippen LogP) is -0.612. The van der Waals surface area contributed by atoms with Crippen LogP contribution in [0.2, 0.25) is 0 Å². The van der Waals surface area contributed by atoms with E-state index < -0.39 is 5.97 Å². The van der Waals surface area contributed by atoms with Crippen molar-refractivity contribution < 1.29 is 14.7 Å². The van der Waals surface area contributed by atoms with E-state index in [1.54, 1.807) is 0 Å². The molecule has 1 aliphatic heterocycles. The minimum Gasteiger partial charge on any atom is -0.481 e. The molecule has 1 aliphatic rings. The van der Waals surface area contributed by atoms with Crippen LogP contribution >= 0.6 is 0 Å². The Bertz CT molecular complexity index is 322. The topological polar surface area (TPSA) is 69.6 Å². The fraction of sp³-hybridized carbons (Fsp3) is 0.636. The van der Waals surface area contributed by atoms with Gasteiger partial charge in [-0.25, -0.2) is 0 Å². The van der Waals surface area contributed by atoms with Gasteiger partial charge in [-0.1, -0.05) is 12.8 Å². The van der Waals surface area contributed by atoms with Crippen molar-refractivity contribution >= 4 is 11.9 Å². The molecule has 0 aromatic heterocycles. The minimum atomic E-state index is -0.793. The maximum Gasteiger partial charge on any atom is 0.308 e. The number of nitrogens with zero attached hydrogens (tertiary/aromatic N) is 1. The first kappa shape index (κ1) is 12.5. The number of hydrogen-bond acceptors (Lipinski definition) is 3. The van der Waals surface area contributed by atoms with Gasteiger partial charge in [0.2, 0.25) is 5.91 Å². The number of aliphatic carboxylic acids is 1. The first-order valence-corrected chi connectivity index (χ1v) is 5.20. The molecule has 5 nitrogen and oxygen atoms in total. The third kappa shape index (κ3) is 3.24. The monoisotopic (exact) mass is 224 g/mol. The normalized spacial score (nSPS) is 25.0. The largest absolute Gasteiger partial charge is 0.481 e. The number of carbonyl (C=O) groups is 2. The van der Waals surface area contributed by atoms with Crippen molar-refractivity contribution in [3.05, 3.63) is 0 Å². The molecule has 0 saturated carbocycles. The second kappa shape index (κ2) is 5.52. The van der Waals surface area contributed by atoms with Crippen LogP contribution in [-0.2, 0) is 9.59 Å². The molecule has 1 rings (SSSR count). The minimum absolute atomic E-state index is 0.0814. The molecule has 16 heavy (non-hydrogen) atoms. The quantitative estimate of drug-likeness (QED) is 0.625. The molecule has 2 N–H and O–H groups in total. The summed E-state index contributed by atoms with van der Waals surface area (Å²) in [7, 11) is 0. The molecule has 2 atom stereocenters. The van der Waals surface area contributed by atoms with E-state index in [-0.39, 0.29) is 30.8 Å². The zero-order valence-corrected chi connectivity index (χ0v) is 9.27. The maximum absolute atomic E-state index is 11.3. The lowest BCUT2D eigenvalue weighted by Gasteiger charge is -2.13. The highest BCUT2D eigenvalue weighted by molar-refractivity contribution is 5.78. The molecule has 1 fully saturated rings. The molecule has 0 aromatic carbocycles. The number of carboxylic acid groups (broad SMARTS) is 1. The highest BCUT2D eigenvalue weighted by Gasteiger charge is 2.35. The number of hydrogen-bond donors (Lipinski definition) is 2. The van der Waals surface area contributed by atoms with E-state index in [1.807, 2.05) is 11.8 Å². The second-order valence-electron chi connectivity index (χ2n) is 4.10. The number of nitrogens with one attached hydrogen (secondary N) is 1. The van der Waals surface area contributed by atoms with E-state index in [4.69, 9.17) is 11.5 Å². The van der Waals surface area contributed by atoms with Gasteiger partial charge >= 0.3 is 5.97 Å². The van der Waals surface area contributed by atoms with Crippen LogP contribution in [0.5, 0.6) is 0 Å². The Morgan fingerprint density at radius 3 is 2.75 bits per heavy atom. The van der Waals surface area contributed by atoms with E-state index in [0.29, 0.717) is 13.1 Å². The van der Waals surface area contributed by atoms with E-state index in [2.05, 4.69) is 11.2 Å². The van der Waals surface area contributed by atoms with E-state index in [9.17, 15) is 9.59 Å². The van der Waals surface area contributed by atoms with Crippen LogP contribution in [0, 0.1) is 24.2 Å². The summed E-state index contributed by atoms with van der Waals surface area (Å²) in [4.78, 5) is 24.0. The van der Waals surface area contributed by atoms with Crippen LogP contribution in [-0.4, -0.2) is 48.1 Å². The van der Waals surface area contributed by atoms with Gasteiger partial charge in [-0.05, 0) is 5.92 Å². The summed E-state index contributed by atoms with van der Waals surface area (Å²) in [6.45, 7) is 3.39. The third-order valence-electron chi connectivity index (χ3n) is 2.76. The number of carbonyl (C=O) groups excluding carboxylic acids is 1. The van der Waals surface area contributed by atoms with Gasteiger partial charge in [0.15, 0.2) is 0 Å². The van der Waals surface area contributed by atoms with Crippen LogP contribution in [0.4, 0.5) is 0 Å². The molecule has 1 heterocycles. The Hall–Kier alpha value is -1.54. The van der Waals surface area contributed by atoms with Gasteiger partial charge in [0, 0.05) is 13.1 Å². The SMILES string of the molecule is C#CCNC(=O)CN1CC(C)C(C(=O)O)C1. The molecular weight excluding hydrogens is 208 g/mol. The van der Waals surface area contributed by atoms with E-state index in [1.165, 1.54) is 0 Å². The zero-order valence-electron chi connectivity index (χ0n) is 9.27. The first-order valence-electron chi connectivity index (χ1n) is 5.20. The summed E-state index contributed by atoms with van der Waals surface area (Å²) in [6, 6.07) is 0. The zero-order chi connectivity index (χ0) is 12.1. The smallest absolute Gasteiger partial charge is 0.308 e. The lowest BCUT2D eigenvalue weighted by Crippen LogP contribution is -2.36. The Kier molecular flexibility index (Phi) is 4.32. The summed E-state index contributed by atoms with van der Waals surface area (Å²) < 4.78 is 0. The van der Waals surface area contributed by atoms with Gasteiger partial charge in [-0.15, -0.1) is 6.42 Å².